The van der Waals surface area contributed by atoms with E-state index in [2.05, 4.69) is 0 Å². The molecular weight excluding hydrogens is 316 g/mol. The van der Waals surface area contributed by atoms with Crippen LogP contribution in [0.2, 0.25) is 0 Å². The molecule has 23 heavy (non-hydrogen) atoms. The minimum Gasteiger partial charge on any atom is -0.481 e. The molecule has 0 saturated heterocycles. The summed E-state index contributed by atoms with van der Waals surface area (Å²) in [7, 11) is 0. The van der Waals surface area contributed by atoms with Gasteiger partial charge in [-0.2, -0.15) is 13.2 Å². The number of benzene rings is 2. The van der Waals surface area contributed by atoms with E-state index in [4.69, 9.17) is 9.84 Å². The van der Waals surface area contributed by atoms with Gasteiger partial charge in [0, 0.05) is 5.56 Å². The van der Waals surface area contributed by atoms with E-state index in [-0.39, 0.29) is 16.9 Å². The maximum absolute atomic E-state index is 13.5. The first-order chi connectivity index (χ1) is 10.7. The second-order valence-corrected chi connectivity index (χ2v) is 4.85. The highest BCUT2D eigenvalue weighted by Gasteiger charge is 2.31. The van der Waals surface area contributed by atoms with Gasteiger partial charge in [0.2, 0.25) is 0 Å². The molecule has 0 aliphatic rings. The lowest BCUT2D eigenvalue weighted by Gasteiger charge is -2.15. The van der Waals surface area contributed by atoms with Crippen LogP contribution in [0.1, 0.15) is 11.1 Å². The highest BCUT2D eigenvalue weighted by atomic mass is 19.4. The second kappa shape index (κ2) is 6.28. The molecule has 0 amide bonds. The topological polar surface area (TPSA) is 46.5 Å². The smallest absolute Gasteiger partial charge is 0.416 e. The van der Waals surface area contributed by atoms with Gasteiger partial charge < -0.3 is 9.84 Å². The monoisotopic (exact) mass is 328 g/mol. The maximum Gasteiger partial charge on any atom is 0.416 e. The molecule has 3 nitrogen and oxygen atoms in total. The molecule has 0 fully saturated rings. The van der Waals surface area contributed by atoms with Crippen LogP contribution in [0.25, 0.3) is 11.1 Å². The number of carboxylic acids is 1. The molecule has 7 heteroatoms. The van der Waals surface area contributed by atoms with Crippen LogP contribution in [0.3, 0.4) is 0 Å². The SMILES string of the molecule is Cc1ccc(F)cc1-c1cc(C(F)(F)F)ccc1OCC(=O)O. The van der Waals surface area contributed by atoms with Gasteiger partial charge in [0.25, 0.3) is 0 Å². The average Bonchev–Trinajstić information content (AvgIpc) is 2.46. The van der Waals surface area contributed by atoms with E-state index in [1.165, 1.54) is 12.1 Å². The molecule has 2 rings (SSSR count). The number of ether oxygens (including phenoxy) is 1. The third kappa shape index (κ3) is 4.00. The van der Waals surface area contributed by atoms with E-state index in [0.717, 1.165) is 24.3 Å². The van der Waals surface area contributed by atoms with Crippen molar-refractivity contribution in [3.63, 3.8) is 0 Å². The summed E-state index contributed by atoms with van der Waals surface area (Å²) in [6, 6.07) is 6.33. The Balaban J connectivity index is 2.60. The molecule has 1 N–H and O–H groups in total. The Bertz CT molecular complexity index is 739. The molecule has 2 aromatic rings. The number of alkyl halides is 3. The third-order valence-electron chi connectivity index (χ3n) is 3.15. The van der Waals surface area contributed by atoms with Crippen molar-refractivity contribution >= 4 is 5.97 Å². The Hall–Kier alpha value is -2.57. The highest BCUT2D eigenvalue weighted by molar-refractivity contribution is 5.75. The van der Waals surface area contributed by atoms with Crippen molar-refractivity contribution in [1.29, 1.82) is 0 Å². The number of hydrogen-bond acceptors (Lipinski definition) is 2. The van der Waals surface area contributed by atoms with Crippen LogP contribution in [-0.4, -0.2) is 17.7 Å². The van der Waals surface area contributed by atoms with Gasteiger partial charge in [-0.25, -0.2) is 9.18 Å². The number of carbonyl (C=O) groups is 1. The Kier molecular flexibility index (Phi) is 4.58. The number of rotatable bonds is 4. The van der Waals surface area contributed by atoms with E-state index >= 15 is 0 Å². The largest absolute Gasteiger partial charge is 0.481 e. The van der Waals surface area contributed by atoms with Gasteiger partial charge in [0.1, 0.15) is 11.6 Å². The molecule has 0 aromatic heterocycles. The first kappa shape index (κ1) is 16.8. The zero-order chi connectivity index (χ0) is 17.2. The van der Waals surface area contributed by atoms with E-state index in [0.29, 0.717) is 5.56 Å². The lowest BCUT2D eigenvalue weighted by molar-refractivity contribution is -0.140. The molecular formula is C16H12F4O3. The number of aliphatic carboxylic acids is 1. The summed E-state index contributed by atoms with van der Waals surface area (Å²) in [5.74, 6) is -1.95. The first-order valence-electron chi connectivity index (χ1n) is 6.51. The fourth-order valence-corrected chi connectivity index (χ4v) is 2.07. The molecule has 0 radical (unpaired) electrons. The quantitative estimate of drug-likeness (QED) is 0.852. The molecule has 0 spiro atoms. The zero-order valence-electron chi connectivity index (χ0n) is 11.9. The van der Waals surface area contributed by atoms with Crippen LogP contribution in [-0.2, 0) is 11.0 Å². The van der Waals surface area contributed by atoms with Crippen LogP contribution in [0.5, 0.6) is 5.75 Å². The number of halogens is 4. The Morgan fingerprint density at radius 1 is 1.13 bits per heavy atom. The van der Waals surface area contributed by atoms with Crippen molar-refractivity contribution in [3.8, 4) is 16.9 Å². The van der Waals surface area contributed by atoms with E-state index in [1.54, 1.807) is 6.92 Å². The summed E-state index contributed by atoms with van der Waals surface area (Å²) in [4.78, 5) is 10.6. The van der Waals surface area contributed by atoms with Crippen molar-refractivity contribution in [1.82, 2.24) is 0 Å². The van der Waals surface area contributed by atoms with Crippen molar-refractivity contribution in [2.45, 2.75) is 13.1 Å². The van der Waals surface area contributed by atoms with Crippen molar-refractivity contribution in [2.24, 2.45) is 0 Å². The minimum absolute atomic E-state index is 0.0157. The van der Waals surface area contributed by atoms with Crippen LogP contribution >= 0.6 is 0 Å². The minimum atomic E-state index is -4.58. The lowest BCUT2D eigenvalue weighted by Crippen LogP contribution is -2.11. The second-order valence-electron chi connectivity index (χ2n) is 4.85. The maximum atomic E-state index is 13.5. The molecule has 0 saturated carbocycles. The lowest BCUT2D eigenvalue weighted by atomic mass is 9.97. The standard InChI is InChI=1S/C16H12F4O3/c1-9-2-4-11(17)7-12(9)13-6-10(16(18,19)20)3-5-14(13)23-8-15(21)22/h2-7H,8H2,1H3,(H,21,22). The molecule has 122 valence electrons. The molecule has 0 bridgehead atoms. The average molecular weight is 328 g/mol. The summed E-state index contributed by atoms with van der Waals surface area (Å²) in [5, 5.41) is 8.65. The Morgan fingerprint density at radius 3 is 2.43 bits per heavy atom. The fourth-order valence-electron chi connectivity index (χ4n) is 2.07. The van der Waals surface area contributed by atoms with Crippen LogP contribution in [0, 0.1) is 12.7 Å². The van der Waals surface area contributed by atoms with Gasteiger partial charge in [0.15, 0.2) is 6.61 Å². The van der Waals surface area contributed by atoms with Crippen LogP contribution < -0.4 is 4.74 Å². The van der Waals surface area contributed by atoms with Gasteiger partial charge in [-0.1, -0.05) is 6.07 Å². The number of carboxylic acid groups (broad SMARTS) is 1. The number of aryl methyl sites for hydroxylation is 1. The Labute approximate surface area is 129 Å². The number of hydrogen-bond donors (Lipinski definition) is 1. The van der Waals surface area contributed by atoms with E-state index in [1.807, 2.05) is 0 Å². The summed E-state index contributed by atoms with van der Waals surface area (Å²) in [6.45, 7) is 0.892. The van der Waals surface area contributed by atoms with E-state index < -0.39 is 30.1 Å². The van der Waals surface area contributed by atoms with Crippen molar-refractivity contribution in [2.75, 3.05) is 6.61 Å². The zero-order valence-corrected chi connectivity index (χ0v) is 11.9. The van der Waals surface area contributed by atoms with Gasteiger partial charge >= 0.3 is 12.1 Å². The van der Waals surface area contributed by atoms with Crippen molar-refractivity contribution < 1.29 is 32.2 Å². The fraction of sp³-hybridized carbons (Fsp3) is 0.188. The van der Waals surface area contributed by atoms with Crippen LogP contribution in [0.15, 0.2) is 36.4 Å². The molecule has 2 aromatic carbocycles. The predicted octanol–water partition coefficient (Wildman–Crippen LogP) is 4.28. The van der Waals surface area contributed by atoms with E-state index in [9.17, 15) is 22.4 Å². The summed E-state index contributed by atoms with van der Waals surface area (Å²) >= 11 is 0. The normalized spacial score (nSPS) is 11.3. The molecule has 0 atom stereocenters. The Morgan fingerprint density at radius 2 is 1.83 bits per heavy atom. The highest BCUT2D eigenvalue weighted by Crippen LogP contribution is 2.38. The summed E-state index contributed by atoms with van der Waals surface area (Å²) in [6.07, 6.45) is -4.58. The predicted molar refractivity (Wildman–Crippen MR) is 74.7 cm³/mol. The van der Waals surface area contributed by atoms with Crippen molar-refractivity contribution in [3.05, 3.63) is 53.3 Å². The molecule has 0 aliphatic heterocycles. The van der Waals surface area contributed by atoms with Gasteiger partial charge in [-0.3, -0.25) is 0 Å². The first-order valence-corrected chi connectivity index (χ1v) is 6.51. The van der Waals surface area contributed by atoms with Crippen LogP contribution in [0.4, 0.5) is 17.6 Å². The summed E-state index contributed by atoms with van der Waals surface area (Å²) in [5.41, 5.74) is -0.209. The van der Waals surface area contributed by atoms with Gasteiger partial charge in [-0.15, -0.1) is 0 Å². The van der Waals surface area contributed by atoms with Gasteiger partial charge in [-0.05, 0) is 48.4 Å². The van der Waals surface area contributed by atoms with Gasteiger partial charge in [0.05, 0.1) is 5.56 Å². The molecule has 0 unspecified atom stereocenters. The molecule has 0 aliphatic carbocycles. The summed E-state index contributed by atoms with van der Waals surface area (Å²) < 4.78 is 57.2. The molecule has 0 heterocycles. The third-order valence-corrected chi connectivity index (χ3v) is 3.15.